The first-order valence-corrected chi connectivity index (χ1v) is 27.2. The third-order valence-electron chi connectivity index (χ3n) is 14.9. The van der Waals surface area contributed by atoms with Crippen LogP contribution in [0.25, 0.3) is 90.4 Å². The maximum absolute atomic E-state index is 5.23. The van der Waals surface area contributed by atoms with Crippen LogP contribution in [-0.2, 0) is 0 Å². The molecule has 0 unspecified atom stereocenters. The predicted molar refractivity (Wildman–Crippen MR) is 326 cm³/mol. The van der Waals surface area contributed by atoms with Crippen LogP contribution in [0.15, 0.2) is 229 Å². The van der Waals surface area contributed by atoms with Crippen molar-refractivity contribution >= 4 is 39.3 Å². The second-order valence-electron chi connectivity index (χ2n) is 21.1. The number of hydrogen-bond acceptors (Lipinski definition) is 6. The summed E-state index contributed by atoms with van der Waals surface area (Å²) >= 11 is 0. The number of nitrogens with zero attached hydrogens (tertiary/aromatic N) is 9. The minimum atomic E-state index is 0.424. The van der Waals surface area contributed by atoms with Crippen molar-refractivity contribution in [1.29, 1.82) is 0 Å². The Bertz CT molecular complexity index is 3930. The van der Waals surface area contributed by atoms with E-state index in [1.165, 1.54) is 16.7 Å². The summed E-state index contributed by atoms with van der Waals surface area (Å²) in [6, 6.07) is 78.3. The molecule has 0 aliphatic heterocycles. The van der Waals surface area contributed by atoms with Gasteiger partial charge in [0.2, 0.25) is 0 Å². The van der Waals surface area contributed by atoms with Crippen LogP contribution >= 0.6 is 0 Å². The van der Waals surface area contributed by atoms with Gasteiger partial charge in [-0.1, -0.05) is 157 Å². The van der Waals surface area contributed by atoms with Gasteiger partial charge in [0.25, 0.3) is 0 Å². The van der Waals surface area contributed by atoms with Gasteiger partial charge in [-0.05, 0) is 144 Å². The number of para-hydroxylation sites is 5. The van der Waals surface area contributed by atoms with Gasteiger partial charge in [-0.25, -0.2) is 29.9 Å². The highest BCUT2D eigenvalue weighted by atomic mass is 15.2. The highest BCUT2D eigenvalue weighted by Crippen LogP contribution is 2.35. The number of imidazole rings is 2. The largest absolute Gasteiger partial charge is 0.329 e. The Morgan fingerprint density at radius 1 is 0.367 bits per heavy atom. The quantitative estimate of drug-likeness (QED) is 0.0844. The number of anilines is 1. The van der Waals surface area contributed by atoms with Crippen LogP contribution in [0.3, 0.4) is 0 Å². The lowest BCUT2D eigenvalue weighted by molar-refractivity contribution is 0.866. The van der Waals surface area contributed by atoms with Crippen LogP contribution in [0.4, 0.5) is 11.4 Å². The number of hydrogen-bond donors (Lipinski definition) is 0. The Morgan fingerprint density at radius 3 is 1.13 bits per heavy atom. The highest BCUT2D eigenvalue weighted by molar-refractivity contribution is 6.10. The summed E-state index contributed by atoms with van der Waals surface area (Å²) in [6.45, 7) is 13.3. The number of aromatic nitrogens is 7. The number of rotatable bonds is 13. The molecule has 0 radical (unpaired) electrons. The Morgan fingerprint density at radius 2 is 0.722 bits per heavy atom. The van der Waals surface area contributed by atoms with E-state index in [0.29, 0.717) is 35.2 Å². The summed E-state index contributed by atoms with van der Waals surface area (Å²) in [5.74, 6) is 5.58. The van der Waals surface area contributed by atoms with Crippen LogP contribution in [0.2, 0.25) is 0 Å². The van der Waals surface area contributed by atoms with Crippen molar-refractivity contribution in [3.05, 3.63) is 247 Å². The molecule has 0 amide bonds. The van der Waals surface area contributed by atoms with E-state index in [0.717, 1.165) is 95.7 Å². The molecule has 3 heterocycles. The standard InChI is InChI=1S/C70H61N9/c1-45(2)48-21-27-54(28-22-48)68(71-57-15-9-8-10-16-57)77(7)58-39-33-51(34-40-58)65-74-66(52-35-41-59(42-36-52)78-63-19-13-11-17-61(63)72-69(78)55-29-23-49(24-30-55)46(3)4)76-67(75-65)53-37-43-60(44-38-53)79-64-20-14-12-18-62(64)73-70(79)56-31-25-50(26-32-56)47(5)6/h8-47H,1-7H3. The van der Waals surface area contributed by atoms with E-state index in [1.807, 2.05) is 42.5 Å². The fraction of sp³-hybridized carbons (Fsp3) is 0.143. The van der Waals surface area contributed by atoms with E-state index < -0.39 is 0 Å². The maximum atomic E-state index is 5.23. The molecule has 12 rings (SSSR count). The minimum Gasteiger partial charge on any atom is -0.329 e. The van der Waals surface area contributed by atoms with Gasteiger partial charge in [-0.3, -0.25) is 9.13 Å². The third-order valence-corrected chi connectivity index (χ3v) is 14.9. The first kappa shape index (κ1) is 50.2. The van der Waals surface area contributed by atoms with Gasteiger partial charge in [0.05, 0.1) is 27.8 Å². The lowest BCUT2D eigenvalue weighted by Crippen LogP contribution is -2.27. The van der Waals surface area contributed by atoms with E-state index in [9.17, 15) is 0 Å². The zero-order chi connectivity index (χ0) is 54.1. The second kappa shape index (κ2) is 21.4. The molecule has 0 bridgehead atoms. The molecule has 9 nitrogen and oxygen atoms in total. The number of aliphatic imine (C=N–C) groups is 1. The maximum Gasteiger partial charge on any atom is 0.164 e. The number of benzene rings is 9. The van der Waals surface area contributed by atoms with Crippen molar-refractivity contribution in [1.82, 2.24) is 34.1 Å². The van der Waals surface area contributed by atoms with Crippen molar-refractivity contribution < 1.29 is 0 Å². The molecule has 9 heteroatoms. The lowest BCUT2D eigenvalue weighted by Gasteiger charge is -2.23. The fourth-order valence-corrected chi connectivity index (χ4v) is 10.2. The van der Waals surface area contributed by atoms with Crippen molar-refractivity contribution in [2.45, 2.75) is 59.3 Å². The van der Waals surface area contributed by atoms with Crippen LogP contribution in [-0.4, -0.2) is 46.9 Å². The van der Waals surface area contributed by atoms with Gasteiger partial charge >= 0.3 is 0 Å². The van der Waals surface area contributed by atoms with Crippen molar-refractivity contribution in [3.63, 3.8) is 0 Å². The Balaban J connectivity index is 0.937. The molecule has 9 aromatic carbocycles. The summed E-state index contributed by atoms with van der Waals surface area (Å²) < 4.78 is 4.47. The fourth-order valence-electron chi connectivity index (χ4n) is 10.2. The highest BCUT2D eigenvalue weighted by Gasteiger charge is 2.20. The van der Waals surface area contributed by atoms with Crippen LogP contribution in [0, 0.1) is 0 Å². The zero-order valence-corrected chi connectivity index (χ0v) is 45.6. The first-order valence-electron chi connectivity index (χ1n) is 27.2. The third kappa shape index (κ3) is 10.1. The second-order valence-corrected chi connectivity index (χ2v) is 21.1. The van der Waals surface area contributed by atoms with Gasteiger partial charge in [0.1, 0.15) is 17.5 Å². The smallest absolute Gasteiger partial charge is 0.164 e. The summed E-state index contributed by atoms with van der Waals surface area (Å²) in [7, 11) is 2.07. The summed E-state index contributed by atoms with van der Waals surface area (Å²) in [6.07, 6.45) is 0. The van der Waals surface area contributed by atoms with Crippen molar-refractivity contribution in [2.24, 2.45) is 4.99 Å². The number of fused-ring (bicyclic) bond motifs is 2. The zero-order valence-electron chi connectivity index (χ0n) is 45.6. The van der Waals surface area contributed by atoms with E-state index in [-0.39, 0.29) is 0 Å². The molecule has 0 aliphatic carbocycles. The molecular formula is C70H61N9. The molecule has 3 aromatic heterocycles. The molecule has 386 valence electrons. The van der Waals surface area contributed by atoms with Crippen molar-refractivity contribution in [2.75, 3.05) is 11.9 Å². The van der Waals surface area contributed by atoms with E-state index in [2.05, 4.69) is 245 Å². The van der Waals surface area contributed by atoms with Gasteiger partial charge in [0, 0.05) is 57.5 Å². The Hall–Kier alpha value is -9.60. The van der Waals surface area contributed by atoms with Gasteiger partial charge in [-0.15, -0.1) is 0 Å². The van der Waals surface area contributed by atoms with Crippen molar-refractivity contribution in [3.8, 4) is 68.3 Å². The molecule has 0 saturated carbocycles. The molecule has 0 saturated heterocycles. The molecule has 12 aromatic rings. The average Bonchev–Trinajstić information content (AvgIpc) is 4.17. The molecule has 0 aliphatic rings. The molecule has 79 heavy (non-hydrogen) atoms. The van der Waals surface area contributed by atoms with Gasteiger partial charge in [0.15, 0.2) is 17.5 Å². The Kier molecular flexibility index (Phi) is 13.6. The van der Waals surface area contributed by atoms with Gasteiger partial charge in [-0.2, -0.15) is 0 Å². The van der Waals surface area contributed by atoms with E-state index in [4.69, 9.17) is 29.9 Å². The Labute approximate surface area is 462 Å². The molecule has 0 N–H and O–H groups in total. The SMILES string of the molecule is CC(C)c1ccc(C(=Nc2ccccc2)N(C)c2ccc(-c3nc(-c4ccc(-n5c(-c6ccc(C(C)C)cc6)nc6ccccc65)cc4)nc(-c4ccc(-n5c(-c6ccc(C(C)C)cc6)nc6ccccc65)cc4)n3)cc2)cc1. The van der Waals surface area contributed by atoms with Crippen LogP contribution in [0.5, 0.6) is 0 Å². The van der Waals surface area contributed by atoms with Crippen LogP contribution < -0.4 is 4.90 Å². The van der Waals surface area contributed by atoms with Crippen LogP contribution in [0.1, 0.15) is 81.5 Å². The average molecular weight is 1030 g/mol. The molecule has 0 atom stereocenters. The normalized spacial score (nSPS) is 11.9. The van der Waals surface area contributed by atoms with E-state index in [1.54, 1.807) is 0 Å². The summed E-state index contributed by atoms with van der Waals surface area (Å²) in [5.41, 5.74) is 17.3. The lowest BCUT2D eigenvalue weighted by atomic mass is 10.0. The number of amidine groups is 1. The molecule has 0 spiro atoms. The molecule has 0 fully saturated rings. The molecular weight excluding hydrogens is 967 g/mol. The van der Waals surface area contributed by atoms with E-state index >= 15 is 0 Å². The summed E-state index contributed by atoms with van der Waals surface area (Å²) in [4.78, 5) is 33.3. The van der Waals surface area contributed by atoms with Gasteiger partial charge < -0.3 is 4.90 Å². The topological polar surface area (TPSA) is 89.9 Å². The first-order chi connectivity index (χ1) is 38.5. The predicted octanol–water partition coefficient (Wildman–Crippen LogP) is 17.5. The minimum absolute atomic E-state index is 0.424. The summed E-state index contributed by atoms with van der Waals surface area (Å²) in [5, 5.41) is 0. The monoisotopic (exact) mass is 1030 g/mol.